The van der Waals surface area contributed by atoms with Gasteiger partial charge in [0.1, 0.15) is 5.65 Å². The van der Waals surface area contributed by atoms with Gasteiger partial charge in [-0.1, -0.05) is 19.1 Å². The molecule has 0 amide bonds. The number of imidazole rings is 1. The van der Waals surface area contributed by atoms with Crippen molar-refractivity contribution >= 4 is 28.8 Å². The second-order valence-corrected chi connectivity index (χ2v) is 9.31. The molecular weight excluding hydrogens is 396 g/mol. The number of pyridine rings is 1. The largest absolute Gasteiger partial charge is 0.368 e. The summed E-state index contributed by atoms with van der Waals surface area (Å²) in [6.45, 7) is 14.6. The van der Waals surface area contributed by atoms with Gasteiger partial charge < -0.3 is 14.6 Å². The molecule has 2 atom stereocenters. The molecular formula is C27H34N4O. The summed E-state index contributed by atoms with van der Waals surface area (Å²) in [5.41, 5.74) is 8.06. The quantitative estimate of drug-likeness (QED) is 0.581. The molecule has 0 radical (unpaired) electrons. The first-order chi connectivity index (χ1) is 15.2. The first-order valence-corrected chi connectivity index (χ1v) is 11.6. The molecule has 0 unspecified atom stereocenters. The summed E-state index contributed by atoms with van der Waals surface area (Å²) < 4.78 is 2.03. The maximum Gasteiger partial charge on any atom is 0.164 e. The summed E-state index contributed by atoms with van der Waals surface area (Å²) in [5, 5.41) is 3.59. The summed E-state index contributed by atoms with van der Waals surface area (Å²) in [6, 6.07) is 9.61. The Bertz CT molecular complexity index is 1180. The molecule has 5 heteroatoms. The van der Waals surface area contributed by atoms with E-state index in [-0.39, 0.29) is 5.78 Å². The van der Waals surface area contributed by atoms with Crippen LogP contribution in [0.4, 0.5) is 5.69 Å². The molecule has 5 nitrogen and oxygen atoms in total. The summed E-state index contributed by atoms with van der Waals surface area (Å²) in [6.07, 6.45) is 6.49. The number of allylic oxidation sites excluding steroid dienone is 1. The third-order valence-corrected chi connectivity index (χ3v) is 6.25. The molecule has 0 spiro atoms. The monoisotopic (exact) mass is 430 g/mol. The number of aryl methyl sites for hydroxylation is 3. The highest BCUT2D eigenvalue weighted by Gasteiger charge is 2.21. The van der Waals surface area contributed by atoms with E-state index in [9.17, 15) is 4.79 Å². The van der Waals surface area contributed by atoms with Crippen LogP contribution in [0.2, 0.25) is 0 Å². The van der Waals surface area contributed by atoms with Crippen molar-refractivity contribution in [1.29, 1.82) is 0 Å². The van der Waals surface area contributed by atoms with Crippen LogP contribution in [0.1, 0.15) is 55.1 Å². The van der Waals surface area contributed by atoms with Crippen molar-refractivity contribution in [2.45, 2.75) is 60.0 Å². The number of aromatic nitrogens is 2. The lowest BCUT2D eigenvalue weighted by atomic mass is 9.99. The smallest absolute Gasteiger partial charge is 0.164 e. The molecule has 32 heavy (non-hydrogen) atoms. The van der Waals surface area contributed by atoms with Crippen LogP contribution in [0.15, 0.2) is 36.7 Å². The van der Waals surface area contributed by atoms with Crippen molar-refractivity contribution in [2.24, 2.45) is 0 Å². The Morgan fingerprint density at radius 2 is 1.81 bits per heavy atom. The first kappa shape index (κ1) is 22.3. The van der Waals surface area contributed by atoms with E-state index in [1.807, 2.05) is 23.6 Å². The van der Waals surface area contributed by atoms with Gasteiger partial charge in [0, 0.05) is 55.2 Å². The van der Waals surface area contributed by atoms with E-state index >= 15 is 0 Å². The minimum atomic E-state index is 0.107. The number of carbonyl (C=O) groups is 1. The van der Waals surface area contributed by atoms with Gasteiger partial charge in [-0.3, -0.25) is 4.79 Å². The van der Waals surface area contributed by atoms with Gasteiger partial charge in [0.2, 0.25) is 0 Å². The lowest BCUT2D eigenvalue weighted by Gasteiger charge is -2.38. The number of nitrogens with zero attached hydrogens (tertiary/aromatic N) is 3. The van der Waals surface area contributed by atoms with Crippen LogP contribution in [-0.4, -0.2) is 40.3 Å². The lowest BCUT2D eigenvalue weighted by molar-refractivity contribution is -0.113. The molecule has 3 heterocycles. The van der Waals surface area contributed by atoms with Gasteiger partial charge in [-0.05, 0) is 75.1 Å². The lowest BCUT2D eigenvalue weighted by Crippen LogP contribution is -2.54. The molecule has 2 aromatic heterocycles. The third kappa shape index (κ3) is 4.49. The summed E-state index contributed by atoms with van der Waals surface area (Å²) in [7, 11) is 0. The number of ketones is 1. The van der Waals surface area contributed by atoms with Crippen LogP contribution in [0.5, 0.6) is 0 Å². The number of carbonyl (C=O) groups excluding carboxylic acids is 1. The number of rotatable bonds is 5. The van der Waals surface area contributed by atoms with Crippen LogP contribution in [-0.2, 0) is 4.79 Å². The Balaban J connectivity index is 1.72. The molecule has 1 N–H and O–H groups in total. The zero-order chi connectivity index (χ0) is 23.0. The highest BCUT2D eigenvalue weighted by atomic mass is 16.1. The first-order valence-electron chi connectivity index (χ1n) is 11.6. The van der Waals surface area contributed by atoms with Gasteiger partial charge in [-0.25, -0.2) is 4.98 Å². The van der Waals surface area contributed by atoms with Crippen LogP contribution < -0.4 is 10.2 Å². The molecule has 0 bridgehead atoms. The predicted octanol–water partition coefficient (Wildman–Crippen LogP) is 4.97. The number of nitrogens with one attached hydrogen (secondary N) is 1. The second-order valence-electron chi connectivity index (χ2n) is 9.31. The molecule has 0 saturated carbocycles. The predicted molar refractivity (Wildman–Crippen MR) is 133 cm³/mol. The van der Waals surface area contributed by atoms with Gasteiger partial charge >= 0.3 is 0 Å². The molecule has 1 saturated heterocycles. The van der Waals surface area contributed by atoms with Crippen LogP contribution in [0.25, 0.3) is 17.3 Å². The van der Waals surface area contributed by atoms with Gasteiger partial charge in [-0.2, -0.15) is 0 Å². The number of Topliss-reactive ketones (excluding diaryl/α,β-unsaturated/α-hetero) is 1. The van der Waals surface area contributed by atoms with E-state index in [0.29, 0.717) is 24.1 Å². The summed E-state index contributed by atoms with van der Waals surface area (Å²) >= 11 is 0. The average Bonchev–Trinajstić information content (AvgIpc) is 3.15. The fraction of sp³-hybridized carbons (Fsp3) is 0.407. The van der Waals surface area contributed by atoms with Crippen molar-refractivity contribution in [1.82, 2.24) is 14.7 Å². The van der Waals surface area contributed by atoms with E-state index < -0.39 is 0 Å². The average molecular weight is 431 g/mol. The Hall–Kier alpha value is -2.92. The fourth-order valence-corrected chi connectivity index (χ4v) is 4.78. The number of piperazine rings is 1. The van der Waals surface area contributed by atoms with Gasteiger partial charge in [0.15, 0.2) is 5.78 Å². The SMILES string of the molecule is CCC(=O)/C(=C\c1ccc(N2C[C@@H](C)N[C@@H](C)C2)cc1C)c1cn2cc(C)cc(C)c2n1. The number of benzene rings is 1. The van der Waals surface area contributed by atoms with Gasteiger partial charge in [-0.15, -0.1) is 0 Å². The summed E-state index contributed by atoms with van der Waals surface area (Å²) in [5.74, 6) is 0.107. The van der Waals surface area contributed by atoms with E-state index in [2.05, 4.69) is 75.3 Å². The Morgan fingerprint density at radius 3 is 2.47 bits per heavy atom. The standard InChI is InChI=1S/C27H34N4O/c1-7-26(32)24(25-16-31-13-17(2)10-19(4)27(31)29-25)12-22-8-9-23(11-18(22)3)30-14-20(5)28-21(6)15-30/h8-13,16,20-21,28H,7,14-15H2,1-6H3/b24-12-/t20-,21+. The molecule has 168 valence electrons. The van der Waals surface area contributed by atoms with Crippen molar-refractivity contribution in [2.75, 3.05) is 18.0 Å². The zero-order valence-electron chi connectivity index (χ0n) is 20.1. The zero-order valence-corrected chi connectivity index (χ0v) is 20.1. The minimum Gasteiger partial charge on any atom is -0.368 e. The van der Waals surface area contributed by atoms with E-state index in [0.717, 1.165) is 35.6 Å². The van der Waals surface area contributed by atoms with Crippen LogP contribution in [0.3, 0.4) is 0 Å². The maximum atomic E-state index is 12.9. The number of fused-ring (bicyclic) bond motifs is 1. The van der Waals surface area contributed by atoms with Crippen molar-refractivity contribution in [3.05, 3.63) is 64.6 Å². The van der Waals surface area contributed by atoms with Gasteiger partial charge in [0.05, 0.1) is 5.69 Å². The Labute approximate surface area is 191 Å². The third-order valence-electron chi connectivity index (χ3n) is 6.25. The van der Waals surface area contributed by atoms with E-state index in [1.54, 1.807) is 0 Å². The molecule has 1 fully saturated rings. The highest BCUT2D eigenvalue weighted by molar-refractivity contribution is 6.24. The molecule has 1 aromatic carbocycles. The van der Waals surface area contributed by atoms with Crippen LogP contribution in [0, 0.1) is 20.8 Å². The van der Waals surface area contributed by atoms with Crippen molar-refractivity contribution < 1.29 is 4.79 Å². The minimum absolute atomic E-state index is 0.107. The van der Waals surface area contributed by atoms with Gasteiger partial charge in [0.25, 0.3) is 0 Å². The van der Waals surface area contributed by atoms with Crippen molar-refractivity contribution in [3.8, 4) is 0 Å². The molecule has 0 aliphatic carbocycles. The van der Waals surface area contributed by atoms with E-state index in [1.165, 1.54) is 16.8 Å². The number of hydrogen-bond acceptors (Lipinski definition) is 4. The van der Waals surface area contributed by atoms with Crippen molar-refractivity contribution in [3.63, 3.8) is 0 Å². The topological polar surface area (TPSA) is 49.6 Å². The fourth-order valence-electron chi connectivity index (χ4n) is 4.78. The molecule has 4 rings (SSSR count). The normalized spacial score (nSPS) is 19.6. The van der Waals surface area contributed by atoms with E-state index in [4.69, 9.17) is 4.98 Å². The molecule has 3 aromatic rings. The highest BCUT2D eigenvalue weighted by Crippen LogP contribution is 2.27. The maximum absolute atomic E-state index is 12.9. The summed E-state index contributed by atoms with van der Waals surface area (Å²) in [4.78, 5) is 20.2. The number of anilines is 1. The molecule has 1 aliphatic heterocycles. The Kier molecular flexibility index (Phi) is 6.20. The second kappa shape index (κ2) is 8.91. The van der Waals surface area contributed by atoms with Crippen LogP contribution >= 0.6 is 0 Å². The number of hydrogen-bond donors (Lipinski definition) is 1. The Morgan fingerprint density at radius 1 is 1.09 bits per heavy atom. The molecule has 1 aliphatic rings.